The van der Waals surface area contributed by atoms with Crippen LogP contribution < -0.4 is 25.8 Å². The van der Waals surface area contributed by atoms with Crippen LogP contribution in [0.1, 0.15) is 131 Å². The van der Waals surface area contributed by atoms with Crippen molar-refractivity contribution in [1.29, 1.82) is 0 Å². The van der Waals surface area contributed by atoms with Crippen molar-refractivity contribution in [3.63, 3.8) is 0 Å². The molecule has 3 amide bonds. The highest BCUT2D eigenvalue weighted by atomic mass is 16.6. The van der Waals surface area contributed by atoms with Crippen molar-refractivity contribution in [3.8, 4) is 0 Å². The molecule has 4 bridgehead atoms. The number of piperazine rings is 2. The maximum atomic E-state index is 13.0. The van der Waals surface area contributed by atoms with Crippen LogP contribution >= 0.6 is 0 Å². The van der Waals surface area contributed by atoms with Gasteiger partial charge >= 0.3 is 6.09 Å². The minimum absolute atomic E-state index is 0.00184. The lowest BCUT2D eigenvalue weighted by Crippen LogP contribution is -2.56. The Balaban J connectivity index is 0.000000163. The van der Waals surface area contributed by atoms with Gasteiger partial charge in [-0.3, -0.25) is 14.5 Å². The van der Waals surface area contributed by atoms with Gasteiger partial charge in [0.2, 0.25) is 11.9 Å². The summed E-state index contributed by atoms with van der Waals surface area (Å²) in [4.78, 5) is 76.6. The molecule has 4 saturated heterocycles. The molecule has 20 heteroatoms. The number of fused-ring (bicyclic) bond motifs is 6. The summed E-state index contributed by atoms with van der Waals surface area (Å²) in [5.41, 5.74) is 4.60. The first-order valence-corrected chi connectivity index (χ1v) is 27.0. The van der Waals surface area contributed by atoms with Gasteiger partial charge in [-0.2, -0.15) is 9.97 Å². The summed E-state index contributed by atoms with van der Waals surface area (Å²) >= 11 is 0. The van der Waals surface area contributed by atoms with E-state index < -0.39 is 5.60 Å². The van der Waals surface area contributed by atoms with E-state index in [2.05, 4.69) is 60.9 Å². The number of aromatic nitrogens is 8. The number of carbonyl (C=O) groups excluding carboxylic acids is 3. The summed E-state index contributed by atoms with van der Waals surface area (Å²) in [5.74, 6) is 2.27. The maximum absolute atomic E-state index is 13.0. The number of hydrogen-bond acceptors (Lipinski definition) is 15. The summed E-state index contributed by atoms with van der Waals surface area (Å²) in [7, 11) is 7.13. The molecule has 20 nitrogen and oxygen atoms in total. The molecular weight excluding hydrogens is 949 g/mol. The van der Waals surface area contributed by atoms with Crippen molar-refractivity contribution in [1.82, 2.24) is 59.1 Å². The number of hydrogen-bond donors (Lipinski definition) is 3. The number of pyridine rings is 2. The van der Waals surface area contributed by atoms with E-state index in [0.717, 1.165) is 111 Å². The van der Waals surface area contributed by atoms with E-state index in [9.17, 15) is 14.4 Å². The topological polar surface area (TPSA) is 200 Å². The van der Waals surface area contributed by atoms with Gasteiger partial charge in [-0.05, 0) is 109 Å². The molecule has 0 aromatic carbocycles. The highest BCUT2D eigenvalue weighted by Gasteiger charge is 2.44. The second kappa shape index (κ2) is 20.6. The largest absolute Gasteiger partial charge is 0.444 e. The molecular formula is C55H72N16O4. The van der Waals surface area contributed by atoms with Crippen LogP contribution in [0, 0.1) is 0 Å². The number of ether oxygens (including phenoxy) is 1. The van der Waals surface area contributed by atoms with Gasteiger partial charge in [0, 0.05) is 102 Å². The summed E-state index contributed by atoms with van der Waals surface area (Å²) in [6.07, 6.45) is 20.5. The fourth-order valence-electron chi connectivity index (χ4n) is 12.2. The number of nitrogens with one attached hydrogen (secondary N) is 3. The molecule has 6 fully saturated rings. The van der Waals surface area contributed by atoms with Gasteiger partial charge in [0.15, 0.2) is 0 Å². The third kappa shape index (κ3) is 10.5. The van der Waals surface area contributed by atoms with Crippen LogP contribution in [0.3, 0.4) is 0 Å². The molecule has 4 aliphatic heterocycles. The molecule has 0 radical (unpaired) electrons. The second-order valence-corrected chi connectivity index (χ2v) is 22.8. The van der Waals surface area contributed by atoms with Crippen LogP contribution in [0.25, 0.3) is 22.1 Å². The predicted molar refractivity (Wildman–Crippen MR) is 290 cm³/mol. The molecule has 4 unspecified atom stereocenters. The number of anilines is 6. The molecule has 0 spiro atoms. The molecule has 396 valence electrons. The van der Waals surface area contributed by atoms with E-state index in [-0.39, 0.29) is 36.0 Å². The molecule has 4 atom stereocenters. The standard InChI is InChI=1S/C30H40N8O3.C25H32N8O/c1-30(2,3)41-29(40)37-22-10-11-23(37)18-36(17-22)21-12-13-25(31-16-21)33-28-32-15-19-14-24(27(39)35(4)5)38(26(19)34-28)20-8-6-7-9-20;1-31(2)24(34)21-11-16-12-27-25(30-23(16)33(21)19-5-3-4-6-19)29-22-10-9-20(13-26-22)32-14-17-7-8-18(15-32)28-17/h12-16,20,22-23H,6-11,17-18H2,1-5H3,(H,31,32,33,34);9-13,17-19,28H,3-8,14-15H2,1-2H3,(H,26,27,29,30). The quantitative estimate of drug-likeness (QED) is 0.118. The van der Waals surface area contributed by atoms with E-state index in [4.69, 9.17) is 14.7 Å². The first-order valence-electron chi connectivity index (χ1n) is 27.0. The molecule has 6 aromatic rings. The van der Waals surface area contributed by atoms with Crippen molar-refractivity contribution in [2.24, 2.45) is 0 Å². The van der Waals surface area contributed by atoms with Gasteiger partial charge in [0.25, 0.3) is 11.8 Å². The zero-order chi connectivity index (χ0) is 52.1. The molecule has 10 heterocycles. The Kier molecular flexibility index (Phi) is 13.7. The third-order valence-electron chi connectivity index (χ3n) is 15.8. The Morgan fingerprint density at radius 1 is 0.573 bits per heavy atom. The van der Waals surface area contributed by atoms with Crippen molar-refractivity contribution in [3.05, 3.63) is 72.6 Å². The van der Waals surface area contributed by atoms with Crippen LogP contribution in [0.5, 0.6) is 0 Å². The van der Waals surface area contributed by atoms with E-state index in [0.29, 0.717) is 53.0 Å². The predicted octanol–water partition coefficient (Wildman–Crippen LogP) is 8.30. The molecule has 6 aliphatic rings. The lowest BCUT2D eigenvalue weighted by atomic mass is 10.1. The SMILES string of the molecule is CN(C)C(=O)c1cc2cnc(Nc3ccc(N4CC5CCC(C4)N5)cn3)nc2n1C1CCCC1.CN(C)C(=O)c1cc2cnc(Nc3ccc(N4CC5CCC(C4)N5C(=O)OC(C)(C)C)cn3)nc2n1C1CCCC1. The lowest BCUT2D eigenvalue weighted by molar-refractivity contribution is 0.0123. The van der Waals surface area contributed by atoms with Crippen LogP contribution in [-0.4, -0.2) is 156 Å². The van der Waals surface area contributed by atoms with E-state index in [1.54, 1.807) is 50.4 Å². The average Bonchev–Trinajstić information content (AvgIpc) is 4.28. The Bertz CT molecular complexity index is 3020. The van der Waals surface area contributed by atoms with Gasteiger partial charge in [-0.15, -0.1) is 0 Å². The molecule has 12 rings (SSSR count). The maximum Gasteiger partial charge on any atom is 0.410 e. The molecule has 6 aromatic heterocycles. The molecule has 75 heavy (non-hydrogen) atoms. The number of nitrogens with zero attached hydrogens (tertiary/aromatic N) is 13. The smallest absolute Gasteiger partial charge is 0.410 e. The van der Waals surface area contributed by atoms with E-state index >= 15 is 0 Å². The first-order chi connectivity index (χ1) is 36.1. The Morgan fingerprint density at radius 3 is 1.41 bits per heavy atom. The summed E-state index contributed by atoms with van der Waals surface area (Å²) < 4.78 is 9.92. The average molecular weight is 1020 g/mol. The fourth-order valence-corrected chi connectivity index (χ4v) is 12.2. The zero-order valence-corrected chi connectivity index (χ0v) is 44.5. The van der Waals surface area contributed by atoms with Gasteiger partial charge < -0.3 is 49.4 Å². The highest BCUT2D eigenvalue weighted by Crippen LogP contribution is 2.38. The van der Waals surface area contributed by atoms with Gasteiger partial charge in [0.05, 0.1) is 35.9 Å². The fraction of sp³-hybridized carbons (Fsp3) is 0.545. The number of amides is 3. The summed E-state index contributed by atoms with van der Waals surface area (Å²) in [6.45, 7) is 9.32. The van der Waals surface area contributed by atoms with Crippen molar-refractivity contribution in [2.45, 2.75) is 140 Å². The third-order valence-corrected chi connectivity index (χ3v) is 15.8. The van der Waals surface area contributed by atoms with E-state index in [1.807, 2.05) is 68.4 Å². The Hall–Kier alpha value is -7.09. The molecule has 2 aliphatic carbocycles. The van der Waals surface area contributed by atoms with Crippen molar-refractivity contribution in [2.75, 3.05) is 74.8 Å². The Morgan fingerprint density at radius 2 is 1.01 bits per heavy atom. The molecule has 2 saturated carbocycles. The summed E-state index contributed by atoms with van der Waals surface area (Å²) in [5, 5.41) is 11.9. The summed E-state index contributed by atoms with van der Waals surface area (Å²) in [6, 6.07) is 13.9. The monoisotopic (exact) mass is 1020 g/mol. The minimum Gasteiger partial charge on any atom is -0.444 e. The van der Waals surface area contributed by atoms with Crippen LogP contribution in [0.2, 0.25) is 0 Å². The van der Waals surface area contributed by atoms with Crippen molar-refractivity contribution >= 4 is 74.9 Å². The zero-order valence-electron chi connectivity index (χ0n) is 44.5. The van der Waals surface area contributed by atoms with Crippen LogP contribution in [-0.2, 0) is 4.74 Å². The van der Waals surface area contributed by atoms with Crippen molar-refractivity contribution < 1.29 is 19.1 Å². The van der Waals surface area contributed by atoms with Gasteiger partial charge in [0.1, 0.15) is 39.9 Å². The first kappa shape index (κ1) is 50.1. The van der Waals surface area contributed by atoms with E-state index in [1.165, 1.54) is 25.7 Å². The highest BCUT2D eigenvalue weighted by molar-refractivity contribution is 5.99. The van der Waals surface area contributed by atoms with Crippen LogP contribution in [0.15, 0.2) is 61.2 Å². The molecule has 3 N–H and O–H groups in total. The second-order valence-electron chi connectivity index (χ2n) is 22.8. The number of rotatable bonds is 10. The normalized spacial score (nSPS) is 21.7. The lowest BCUT2D eigenvalue weighted by Gasteiger charge is -2.42. The minimum atomic E-state index is -0.500. The van der Waals surface area contributed by atoms with Crippen LogP contribution in [0.4, 0.5) is 39.7 Å². The van der Waals surface area contributed by atoms with Gasteiger partial charge in [-0.25, -0.2) is 24.7 Å². The Labute approximate surface area is 438 Å². The van der Waals surface area contributed by atoms with Gasteiger partial charge in [-0.1, -0.05) is 25.7 Å². The number of carbonyl (C=O) groups is 3.